The molecule has 5 nitrogen and oxygen atoms in total. The van der Waals surface area contributed by atoms with Crippen LogP contribution in [0.1, 0.15) is 21.5 Å². The molecule has 6 heteroatoms. The second-order valence-electron chi connectivity index (χ2n) is 4.72. The van der Waals surface area contributed by atoms with Crippen LogP contribution in [0.25, 0.3) is 0 Å². The number of carboxylic acids is 1. The minimum atomic E-state index is -1.21. The molecule has 0 spiro atoms. The number of benzene rings is 2. The first-order valence-corrected chi connectivity index (χ1v) is 7.02. The summed E-state index contributed by atoms with van der Waals surface area (Å²) in [4.78, 5) is 22.2. The summed E-state index contributed by atoms with van der Waals surface area (Å²) in [5, 5.41) is 11.2. The Morgan fingerprint density at radius 3 is 2.58 bits per heavy atom. The van der Waals surface area contributed by atoms with E-state index < -0.39 is 17.9 Å². The van der Waals surface area contributed by atoms with Crippen molar-refractivity contribution in [1.82, 2.24) is 5.32 Å². The maximum atomic E-state index is 13.6. The first-order chi connectivity index (χ1) is 11.6. The van der Waals surface area contributed by atoms with Crippen LogP contribution >= 0.6 is 0 Å². The number of halogens is 1. The largest absolute Gasteiger partial charge is 0.478 e. The Morgan fingerprint density at radius 1 is 1.17 bits per heavy atom. The van der Waals surface area contributed by atoms with Gasteiger partial charge in [0.05, 0.1) is 17.7 Å². The average molecular weight is 327 g/mol. The Bertz CT molecular complexity index is 794. The molecular weight excluding hydrogens is 313 g/mol. The van der Waals surface area contributed by atoms with Crippen molar-refractivity contribution >= 4 is 12.1 Å². The lowest BCUT2D eigenvalue weighted by Gasteiger charge is -2.04. The van der Waals surface area contributed by atoms with E-state index in [1.165, 1.54) is 12.1 Å². The van der Waals surface area contributed by atoms with Gasteiger partial charge in [-0.15, -0.1) is 0 Å². The van der Waals surface area contributed by atoms with Gasteiger partial charge in [-0.25, -0.2) is 14.0 Å². The molecule has 2 N–H and O–H groups in total. The Balaban J connectivity index is 1.81. The lowest BCUT2D eigenvalue weighted by atomic mass is 10.1. The number of alkyl carbamates (subject to hydrolysis) is 1. The SMILES string of the molecule is O=C(NCC#Cc1ccc(C(=O)O)cc1F)OCc1ccccc1. The van der Waals surface area contributed by atoms with Gasteiger partial charge in [-0.2, -0.15) is 0 Å². The number of nitrogens with one attached hydrogen (secondary N) is 1. The monoisotopic (exact) mass is 327 g/mol. The Morgan fingerprint density at radius 2 is 1.92 bits per heavy atom. The van der Waals surface area contributed by atoms with Crippen molar-refractivity contribution in [2.45, 2.75) is 6.61 Å². The summed E-state index contributed by atoms with van der Waals surface area (Å²) < 4.78 is 18.6. The zero-order chi connectivity index (χ0) is 17.4. The number of hydrogen-bond acceptors (Lipinski definition) is 3. The molecule has 0 unspecified atom stereocenters. The lowest BCUT2D eigenvalue weighted by Crippen LogP contribution is -2.24. The summed E-state index contributed by atoms with van der Waals surface area (Å²) in [5.74, 6) is 3.15. The predicted octanol–water partition coefficient (Wildman–Crippen LogP) is 2.80. The molecule has 0 aromatic heterocycles. The highest BCUT2D eigenvalue weighted by Crippen LogP contribution is 2.09. The van der Waals surface area contributed by atoms with Crippen molar-refractivity contribution in [2.75, 3.05) is 6.54 Å². The van der Waals surface area contributed by atoms with E-state index in [4.69, 9.17) is 9.84 Å². The molecule has 24 heavy (non-hydrogen) atoms. The Hall–Kier alpha value is -3.33. The van der Waals surface area contributed by atoms with E-state index in [-0.39, 0.29) is 24.3 Å². The number of carboxylic acid groups (broad SMARTS) is 1. The summed E-state index contributed by atoms with van der Waals surface area (Å²) >= 11 is 0. The van der Waals surface area contributed by atoms with Gasteiger partial charge in [0.2, 0.25) is 0 Å². The second-order valence-corrected chi connectivity index (χ2v) is 4.72. The molecule has 2 rings (SSSR count). The van der Waals surface area contributed by atoms with Crippen LogP contribution in [0.5, 0.6) is 0 Å². The number of carbonyl (C=O) groups is 2. The van der Waals surface area contributed by atoms with Gasteiger partial charge in [0, 0.05) is 0 Å². The average Bonchev–Trinajstić information content (AvgIpc) is 2.58. The molecule has 0 fully saturated rings. The molecule has 0 radical (unpaired) electrons. The number of rotatable bonds is 4. The number of ether oxygens (including phenoxy) is 1. The molecule has 0 atom stereocenters. The van der Waals surface area contributed by atoms with Gasteiger partial charge in [-0.1, -0.05) is 42.2 Å². The molecule has 0 saturated heterocycles. The second kappa shape index (κ2) is 8.34. The van der Waals surface area contributed by atoms with Crippen molar-refractivity contribution in [3.05, 3.63) is 71.0 Å². The van der Waals surface area contributed by atoms with Crippen LogP contribution < -0.4 is 5.32 Å². The van der Waals surface area contributed by atoms with Crippen LogP contribution in [-0.4, -0.2) is 23.7 Å². The lowest BCUT2D eigenvalue weighted by molar-refractivity contribution is 0.0696. The highest BCUT2D eigenvalue weighted by molar-refractivity contribution is 5.87. The standard InChI is InChI=1S/C18H14FNO4/c19-16-11-15(17(21)22)9-8-14(16)7-4-10-20-18(23)24-12-13-5-2-1-3-6-13/h1-3,5-6,8-9,11H,10,12H2,(H,20,23)(H,21,22). The van der Waals surface area contributed by atoms with Gasteiger partial charge < -0.3 is 15.2 Å². The Labute approximate surface area is 138 Å². The third-order valence-corrected chi connectivity index (χ3v) is 2.97. The smallest absolute Gasteiger partial charge is 0.408 e. The molecule has 0 saturated carbocycles. The summed E-state index contributed by atoms with van der Waals surface area (Å²) in [6.07, 6.45) is -0.630. The molecule has 122 valence electrons. The normalized spacial score (nSPS) is 9.54. The minimum absolute atomic E-state index is 0.0201. The summed E-state index contributed by atoms with van der Waals surface area (Å²) in [5.41, 5.74) is 0.763. The van der Waals surface area contributed by atoms with Crippen LogP contribution in [0.2, 0.25) is 0 Å². The van der Waals surface area contributed by atoms with Gasteiger partial charge in [-0.05, 0) is 23.8 Å². The molecule has 0 aliphatic rings. The molecule has 0 heterocycles. The van der Waals surface area contributed by atoms with Gasteiger partial charge in [-0.3, -0.25) is 0 Å². The molecule has 0 aliphatic heterocycles. The van der Waals surface area contributed by atoms with Crippen molar-refractivity contribution in [3.8, 4) is 11.8 Å². The molecular formula is C18H14FNO4. The summed E-state index contributed by atoms with van der Waals surface area (Å²) in [6, 6.07) is 12.6. The van der Waals surface area contributed by atoms with Crippen molar-refractivity contribution in [3.63, 3.8) is 0 Å². The molecule has 0 aliphatic carbocycles. The number of aromatic carboxylic acids is 1. The maximum Gasteiger partial charge on any atom is 0.408 e. The van der Waals surface area contributed by atoms with Gasteiger partial charge in [0.1, 0.15) is 12.4 Å². The fourth-order valence-electron chi connectivity index (χ4n) is 1.78. The van der Waals surface area contributed by atoms with E-state index in [1.54, 1.807) is 0 Å². The van der Waals surface area contributed by atoms with E-state index in [0.717, 1.165) is 11.6 Å². The minimum Gasteiger partial charge on any atom is -0.478 e. The van der Waals surface area contributed by atoms with Crippen LogP contribution in [0.3, 0.4) is 0 Å². The summed E-state index contributed by atoms with van der Waals surface area (Å²) in [6.45, 7) is 0.124. The van der Waals surface area contributed by atoms with Crippen molar-refractivity contribution in [2.24, 2.45) is 0 Å². The van der Waals surface area contributed by atoms with Crippen molar-refractivity contribution in [1.29, 1.82) is 0 Å². The zero-order valence-corrected chi connectivity index (χ0v) is 12.6. The van der Waals surface area contributed by atoms with E-state index >= 15 is 0 Å². The number of carbonyl (C=O) groups excluding carboxylic acids is 1. The van der Waals surface area contributed by atoms with Crippen LogP contribution in [-0.2, 0) is 11.3 Å². The topological polar surface area (TPSA) is 75.6 Å². The van der Waals surface area contributed by atoms with Gasteiger partial charge in [0.25, 0.3) is 0 Å². The van der Waals surface area contributed by atoms with E-state index in [1.807, 2.05) is 30.3 Å². The third kappa shape index (κ3) is 5.14. The van der Waals surface area contributed by atoms with Crippen LogP contribution in [0.4, 0.5) is 9.18 Å². The quantitative estimate of drug-likeness (QED) is 0.847. The van der Waals surface area contributed by atoms with E-state index in [0.29, 0.717) is 0 Å². The van der Waals surface area contributed by atoms with Crippen molar-refractivity contribution < 1.29 is 23.8 Å². The van der Waals surface area contributed by atoms with Crippen LogP contribution in [0, 0.1) is 17.7 Å². The third-order valence-electron chi connectivity index (χ3n) is 2.97. The fraction of sp³-hybridized carbons (Fsp3) is 0.111. The van der Waals surface area contributed by atoms with Gasteiger partial charge >= 0.3 is 12.1 Å². The van der Waals surface area contributed by atoms with E-state index in [9.17, 15) is 14.0 Å². The first-order valence-electron chi connectivity index (χ1n) is 7.02. The number of amides is 1. The number of hydrogen-bond donors (Lipinski definition) is 2. The Kier molecular flexibility index (Phi) is 5.92. The molecule has 1 amide bonds. The van der Waals surface area contributed by atoms with Gasteiger partial charge in [0.15, 0.2) is 0 Å². The fourth-order valence-corrected chi connectivity index (χ4v) is 1.78. The van der Waals surface area contributed by atoms with Crippen LogP contribution in [0.15, 0.2) is 48.5 Å². The zero-order valence-electron chi connectivity index (χ0n) is 12.6. The highest BCUT2D eigenvalue weighted by atomic mass is 19.1. The summed E-state index contributed by atoms with van der Waals surface area (Å²) in [7, 11) is 0. The maximum absolute atomic E-state index is 13.6. The highest BCUT2D eigenvalue weighted by Gasteiger charge is 2.06. The molecule has 2 aromatic rings. The van der Waals surface area contributed by atoms with E-state index in [2.05, 4.69) is 17.2 Å². The molecule has 0 bridgehead atoms. The molecule has 2 aromatic carbocycles. The predicted molar refractivity (Wildman–Crippen MR) is 84.9 cm³/mol. The first kappa shape index (κ1) is 17.0.